The van der Waals surface area contributed by atoms with Crippen LogP contribution < -0.4 is 10.1 Å². The topological polar surface area (TPSA) is 38.3 Å². The van der Waals surface area contributed by atoms with Crippen molar-refractivity contribution < 1.29 is 9.53 Å². The molecule has 1 aromatic rings. The zero-order valence-corrected chi connectivity index (χ0v) is 9.87. The van der Waals surface area contributed by atoms with Gasteiger partial charge in [0, 0.05) is 12.8 Å². The summed E-state index contributed by atoms with van der Waals surface area (Å²) in [5.74, 6) is 1.24. The molecule has 1 N–H and O–H groups in total. The van der Waals surface area contributed by atoms with E-state index in [1.165, 1.54) is 5.56 Å². The number of benzene rings is 1. The third kappa shape index (κ3) is 2.34. The zero-order chi connectivity index (χ0) is 11.7. The Morgan fingerprint density at radius 2 is 1.88 bits per heavy atom. The fourth-order valence-corrected chi connectivity index (χ4v) is 2.61. The third-order valence-corrected chi connectivity index (χ3v) is 3.54. The van der Waals surface area contributed by atoms with E-state index < -0.39 is 0 Å². The number of nitrogens with one attached hydrogen (secondary N) is 1. The molecule has 0 atom stereocenters. The number of rotatable bonds is 2. The minimum absolute atomic E-state index is 0.319. The van der Waals surface area contributed by atoms with Crippen LogP contribution in [0.4, 0.5) is 0 Å². The van der Waals surface area contributed by atoms with Gasteiger partial charge in [-0.1, -0.05) is 6.07 Å². The molecular formula is C14H17NO2. The highest BCUT2D eigenvalue weighted by molar-refractivity contribution is 5.88. The summed E-state index contributed by atoms with van der Waals surface area (Å²) in [6.07, 6.45) is 3.64. The fraction of sp³-hybridized carbons (Fsp3) is 0.500. The van der Waals surface area contributed by atoms with Crippen LogP contribution in [-0.4, -0.2) is 25.0 Å². The van der Waals surface area contributed by atoms with Crippen LogP contribution in [0, 0.1) is 0 Å². The van der Waals surface area contributed by atoms with E-state index in [0.29, 0.717) is 24.7 Å². The zero-order valence-electron chi connectivity index (χ0n) is 9.87. The van der Waals surface area contributed by atoms with Gasteiger partial charge >= 0.3 is 0 Å². The number of piperidine rings is 1. The average Bonchev–Trinajstić information content (AvgIpc) is 2.70. The number of ketones is 1. The van der Waals surface area contributed by atoms with Crippen molar-refractivity contribution in [1.82, 2.24) is 5.32 Å². The first kappa shape index (κ1) is 10.8. The highest BCUT2D eigenvalue weighted by Crippen LogP contribution is 2.25. The van der Waals surface area contributed by atoms with Gasteiger partial charge in [-0.25, -0.2) is 0 Å². The second-order valence-electron chi connectivity index (χ2n) is 4.89. The Morgan fingerprint density at radius 1 is 1.12 bits per heavy atom. The van der Waals surface area contributed by atoms with Gasteiger partial charge in [0.25, 0.3) is 0 Å². The summed E-state index contributed by atoms with van der Waals surface area (Å²) in [5.41, 5.74) is 2.33. The lowest BCUT2D eigenvalue weighted by atomic mass is 10.1. The van der Waals surface area contributed by atoms with Crippen molar-refractivity contribution in [1.29, 1.82) is 0 Å². The van der Waals surface area contributed by atoms with E-state index in [-0.39, 0.29) is 0 Å². The van der Waals surface area contributed by atoms with Crippen LogP contribution in [0.15, 0.2) is 18.2 Å². The van der Waals surface area contributed by atoms with Crippen molar-refractivity contribution in [2.45, 2.75) is 31.8 Å². The van der Waals surface area contributed by atoms with E-state index in [9.17, 15) is 4.79 Å². The van der Waals surface area contributed by atoms with Gasteiger partial charge in [-0.2, -0.15) is 0 Å². The molecular weight excluding hydrogens is 214 g/mol. The molecule has 90 valence electrons. The first-order valence-electron chi connectivity index (χ1n) is 6.32. The van der Waals surface area contributed by atoms with E-state index >= 15 is 0 Å². The second kappa shape index (κ2) is 4.49. The van der Waals surface area contributed by atoms with Crippen LogP contribution in [0.3, 0.4) is 0 Å². The Morgan fingerprint density at radius 3 is 2.71 bits per heavy atom. The number of carbonyl (C=O) groups is 1. The van der Waals surface area contributed by atoms with Gasteiger partial charge in [0.05, 0.1) is 0 Å². The summed E-state index contributed by atoms with van der Waals surface area (Å²) in [6.45, 7) is 2.07. The summed E-state index contributed by atoms with van der Waals surface area (Å²) >= 11 is 0. The molecule has 3 rings (SSSR count). The number of hydrogen-bond acceptors (Lipinski definition) is 3. The van der Waals surface area contributed by atoms with Crippen LogP contribution in [0.25, 0.3) is 0 Å². The van der Waals surface area contributed by atoms with Crippen molar-refractivity contribution in [2.24, 2.45) is 0 Å². The molecule has 0 unspecified atom stereocenters. The Balaban J connectivity index is 1.72. The van der Waals surface area contributed by atoms with Crippen molar-refractivity contribution in [2.75, 3.05) is 13.1 Å². The van der Waals surface area contributed by atoms with Crippen molar-refractivity contribution in [3.8, 4) is 5.75 Å². The number of carbonyl (C=O) groups excluding carboxylic acids is 1. The lowest BCUT2D eigenvalue weighted by Crippen LogP contribution is -2.34. The molecule has 3 heteroatoms. The van der Waals surface area contributed by atoms with Gasteiger partial charge in [0.2, 0.25) is 0 Å². The molecule has 3 nitrogen and oxygen atoms in total. The summed E-state index contributed by atoms with van der Waals surface area (Å²) < 4.78 is 5.96. The van der Waals surface area contributed by atoms with Crippen molar-refractivity contribution in [3.05, 3.63) is 29.3 Å². The lowest BCUT2D eigenvalue weighted by molar-refractivity contribution is -0.117. The average molecular weight is 231 g/mol. The number of ether oxygens (including phenoxy) is 1. The van der Waals surface area contributed by atoms with Crippen molar-refractivity contribution in [3.63, 3.8) is 0 Å². The summed E-state index contributed by atoms with van der Waals surface area (Å²) in [7, 11) is 0. The maximum absolute atomic E-state index is 11.4. The summed E-state index contributed by atoms with van der Waals surface area (Å²) in [6, 6.07) is 6.08. The predicted octanol–water partition coefficient (Wildman–Crippen LogP) is 1.49. The molecule has 1 aliphatic heterocycles. The fourth-order valence-electron chi connectivity index (χ4n) is 2.61. The van der Waals surface area contributed by atoms with Crippen molar-refractivity contribution >= 4 is 5.78 Å². The minimum atomic E-state index is 0.319. The molecule has 0 aromatic heterocycles. The van der Waals surface area contributed by atoms with E-state index in [1.807, 2.05) is 18.2 Å². The Labute approximate surface area is 101 Å². The molecule has 1 fully saturated rings. The molecule has 1 heterocycles. The lowest BCUT2D eigenvalue weighted by Gasteiger charge is -2.24. The largest absolute Gasteiger partial charge is 0.490 e. The second-order valence-corrected chi connectivity index (χ2v) is 4.89. The molecule has 0 radical (unpaired) electrons. The van der Waals surface area contributed by atoms with Gasteiger partial charge in [-0.3, -0.25) is 4.79 Å². The maximum atomic E-state index is 11.4. The van der Waals surface area contributed by atoms with Gasteiger partial charge < -0.3 is 10.1 Å². The number of fused-ring (bicyclic) bond motifs is 1. The van der Waals surface area contributed by atoms with Crippen LogP contribution in [0.1, 0.15) is 24.0 Å². The highest BCUT2D eigenvalue weighted by Gasteiger charge is 2.20. The molecule has 0 spiro atoms. The molecule has 17 heavy (non-hydrogen) atoms. The Bertz CT molecular complexity index is 436. The van der Waals surface area contributed by atoms with E-state index in [1.54, 1.807) is 0 Å². The standard InChI is InChI=1S/C14H17NO2/c16-12-7-10-1-2-14(9-11(10)8-12)17-13-3-5-15-6-4-13/h1-2,9,13,15H,3-8H2. The van der Waals surface area contributed by atoms with E-state index in [4.69, 9.17) is 4.74 Å². The number of Topliss-reactive ketones (excluding diaryl/α,β-unsaturated/α-hetero) is 1. The molecule has 0 bridgehead atoms. The quantitative estimate of drug-likeness (QED) is 0.838. The first-order chi connectivity index (χ1) is 8.31. The third-order valence-electron chi connectivity index (χ3n) is 3.54. The summed E-state index contributed by atoms with van der Waals surface area (Å²) in [4.78, 5) is 11.4. The normalized spacial score (nSPS) is 20.4. The van der Waals surface area contributed by atoms with Crippen LogP contribution in [0.5, 0.6) is 5.75 Å². The van der Waals surface area contributed by atoms with Crippen LogP contribution >= 0.6 is 0 Å². The van der Waals surface area contributed by atoms with Gasteiger partial charge in [0.15, 0.2) is 0 Å². The molecule has 1 saturated heterocycles. The minimum Gasteiger partial charge on any atom is -0.490 e. The molecule has 1 aliphatic carbocycles. The molecule has 0 amide bonds. The van der Waals surface area contributed by atoms with E-state index in [2.05, 4.69) is 5.32 Å². The van der Waals surface area contributed by atoms with E-state index in [0.717, 1.165) is 37.2 Å². The number of hydrogen-bond donors (Lipinski definition) is 1. The molecule has 2 aliphatic rings. The Kier molecular flexibility index (Phi) is 2.85. The van der Waals surface area contributed by atoms with Crippen LogP contribution in [0.2, 0.25) is 0 Å². The maximum Gasteiger partial charge on any atom is 0.141 e. The van der Waals surface area contributed by atoms with Gasteiger partial charge in [-0.15, -0.1) is 0 Å². The highest BCUT2D eigenvalue weighted by atomic mass is 16.5. The first-order valence-corrected chi connectivity index (χ1v) is 6.32. The van der Waals surface area contributed by atoms with Crippen LogP contribution in [-0.2, 0) is 17.6 Å². The van der Waals surface area contributed by atoms with Gasteiger partial charge in [-0.05, 0) is 49.2 Å². The SMILES string of the molecule is O=C1Cc2ccc(OC3CCNCC3)cc2C1. The Hall–Kier alpha value is -1.35. The molecule has 0 saturated carbocycles. The van der Waals surface area contributed by atoms with Gasteiger partial charge in [0.1, 0.15) is 17.6 Å². The predicted molar refractivity (Wildman–Crippen MR) is 65.4 cm³/mol. The smallest absolute Gasteiger partial charge is 0.141 e. The monoisotopic (exact) mass is 231 g/mol. The molecule has 1 aromatic carbocycles. The summed E-state index contributed by atoms with van der Waals surface area (Å²) in [5, 5.41) is 3.32.